The van der Waals surface area contributed by atoms with Gasteiger partial charge in [-0.05, 0) is 36.4 Å². The molecule has 3 heterocycles. The molecule has 0 N–H and O–H groups in total. The fourth-order valence-electron chi connectivity index (χ4n) is 4.05. The van der Waals surface area contributed by atoms with Crippen LogP contribution >= 0.6 is 11.3 Å². The second kappa shape index (κ2) is 8.72. The smallest absolute Gasteiger partial charge is 0.269 e. The molecule has 0 unspecified atom stereocenters. The number of fused-ring (bicyclic) bond motifs is 1. The molecular formula is C23H20FN5O3S. The molecule has 1 aliphatic heterocycles. The zero-order chi connectivity index (χ0) is 22.9. The fourth-order valence-corrected chi connectivity index (χ4v) is 4.78. The lowest BCUT2D eigenvalue weighted by Gasteiger charge is -2.34. The molecule has 0 atom stereocenters. The Morgan fingerprint density at radius 3 is 2.42 bits per heavy atom. The van der Waals surface area contributed by atoms with Crippen LogP contribution in [-0.2, 0) is 6.54 Å². The summed E-state index contributed by atoms with van der Waals surface area (Å²) in [6.45, 7) is 3.19. The molecule has 10 heteroatoms. The van der Waals surface area contributed by atoms with Crippen molar-refractivity contribution in [2.45, 2.75) is 6.54 Å². The highest BCUT2D eigenvalue weighted by Crippen LogP contribution is 2.29. The van der Waals surface area contributed by atoms with Gasteiger partial charge in [-0.2, -0.15) is 0 Å². The number of carbonyl (C=O) groups is 1. The van der Waals surface area contributed by atoms with Crippen molar-refractivity contribution in [1.82, 2.24) is 19.2 Å². The van der Waals surface area contributed by atoms with Gasteiger partial charge in [0.15, 0.2) is 4.96 Å². The topological polar surface area (TPSA) is 84.0 Å². The third-order valence-electron chi connectivity index (χ3n) is 5.84. The molecule has 1 aliphatic rings. The first-order valence-electron chi connectivity index (χ1n) is 10.5. The number of amides is 1. The third kappa shape index (κ3) is 4.22. The van der Waals surface area contributed by atoms with E-state index in [1.165, 1.54) is 47.7 Å². The number of hydrogen-bond acceptors (Lipinski definition) is 6. The molecule has 2 aromatic heterocycles. The lowest BCUT2D eigenvalue weighted by atomic mass is 10.1. The van der Waals surface area contributed by atoms with E-state index in [-0.39, 0.29) is 17.4 Å². The van der Waals surface area contributed by atoms with Crippen LogP contribution in [0, 0.1) is 15.9 Å². The number of nitro groups is 1. The Balaban J connectivity index is 1.32. The number of rotatable bonds is 5. The molecule has 168 valence electrons. The van der Waals surface area contributed by atoms with Gasteiger partial charge in [0.1, 0.15) is 5.82 Å². The van der Waals surface area contributed by atoms with Crippen molar-refractivity contribution in [3.8, 4) is 11.3 Å². The van der Waals surface area contributed by atoms with Gasteiger partial charge in [0.25, 0.3) is 11.6 Å². The van der Waals surface area contributed by atoms with E-state index in [0.717, 1.165) is 21.9 Å². The molecule has 5 rings (SSSR count). The average molecular weight is 466 g/mol. The van der Waals surface area contributed by atoms with Crippen molar-refractivity contribution in [2.24, 2.45) is 0 Å². The summed E-state index contributed by atoms with van der Waals surface area (Å²) in [4.78, 5) is 33.0. The van der Waals surface area contributed by atoms with Crippen LogP contribution in [0.1, 0.15) is 16.1 Å². The zero-order valence-electron chi connectivity index (χ0n) is 17.6. The minimum Gasteiger partial charge on any atom is -0.336 e. The van der Waals surface area contributed by atoms with Gasteiger partial charge in [-0.3, -0.25) is 24.2 Å². The van der Waals surface area contributed by atoms with E-state index in [0.29, 0.717) is 38.3 Å². The van der Waals surface area contributed by atoms with Gasteiger partial charge < -0.3 is 4.90 Å². The van der Waals surface area contributed by atoms with Crippen LogP contribution in [0.15, 0.2) is 60.1 Å². The third-order valence-corrected chi connectivity index (χ3v) is 6.59. The van der Waals surface area contributed by atoms with Gasteiger partial charge in [0, 0.05) is 67.6 Å². The summed E-state index contributed by atoms with van der Waals surface area (Å²) in [7, 11) is 0. The summed E-state index contributed by atoms with van der Waals surface area (Å²) in [6.07, 6.45) is 1.98. The van der Waals surface area contributed by atoms with Gasteiger partial charge in [-0.15, -0.1) is 11.3 Å². The van der Waals surface area contributed by atoms with Crippen LogP contribution in [0.3, 0.4) is 0 Å². The van der Waals surface area contributed by atoms with Crippen molar-refractivity contribution >= 4 is 27.9 Å². The lowest BCUT2D eigenvalue weighted by Crippen LogP contribution is -2.48. The number of thiazole rings is 1. The van der Waals surface area contributed by atoms with Crippen molar-refractivity contribution in [2.75, 3.05) is 26.2 Å². The fraction of sp³-hybridized carbons (Fsp3) is 0.217. The Labute approximate surface area is 192 Å². The molecule has 1 amide bonds. The molecule has 2 aromatic carbocycles. The Kier molecular flexibility index (Phi) is 5.61. The van der Waals surface area contributed by atoms with Crippen molar-refractivity contribution in [3.63, 3.8) is 0 Å². The summed E-state index contributed by atoms with van der Waals surface area (Å²) in [5.74, 6) is -0.452. The van der Waals surface area contributed by atoms with E-state index in [1.54, 1.807) is 17.0 Å². The molecule has 33 heavy (non-hydrogen) atoms. The first-order chi connectivity index (χ1) is 16.0. The summed E-state index contributed by atoms with van der Waals surface area (Å²) in [6, 6.07) is 12.1. The predicted molar refractivity (Wildman–Crippen MR) is 123 cm³/mol. The zero-order valence-corrected chi connectivity index (χ0v) is 18.4. The van der Waals surface area contributed by atoms with Crippen molar-refractivity contribution in [3.05, 3.63) is 87.3 Å². The first-order valence-corrected chi connectivity index (χ1v) is 11.3. The minimum atomic E-state index is -0.414. The molecule has 8 nitrogen and oxygen atoms in total. The first kappa shape index (κ1) is 21.2. The second-order valence-corrected chi connectivity index (χ2v) is 8.71. The number of imidazole rings is 1. The van der Waals surface area contributed by atoms with E-state index in [2.05, 4.69) is 9.30 Å². The summed E-state index contributed by atoms with van der Waals surface area (Å²) in [5.41, 5.74) is 3.18. The van der Waals surface area contributed by atoms with Crippen LogP contribution in [0.5, 0.6) is 0 Å². The van der Waals surface area contributed by atoms with Gasteiger partial charge in [0.2, 0.25) is 0 Å². The Morgan fingerprint density at radius 1 is 1.06 bits per heavy atom. The molecule has 1 fully saturated rings. The van der Waals surface area contributed by atoms with Crippen molar-refractivity contribution in [1.29, 1.82) is 0 Å². The molecule has 0 radical (unpaired) electrons. The van der Waals surface area contributed by atoms with E-state index in [1.807, 2.05) is 11.6 Å². The van der Waals surface area contributed by atoms with Crippen LogP contribution < -0.4 is 0 Å². The largest absolute Gasteiger partial charge is 0.336 e. The maximum Gasteiger partial charge on any atom is 0.269 e. The van der Waals surface area contributed by atoms with Gasteiger partial charge in [-0.1, -0.05) is 0 Å². The quantitative estimate of drug-likeness (QED) is 0.328. The van der Waals surface area contributed by atoms with Crippen LogP contribution in [-0.4, -0.2) is 56.2 Å². The standard InChI is InChI=1S/C23H20FN5O3S/c24-18-5-1-17(2-6-18)22(30)27-11-9-26(10-12-27)15-20-21(25-23-28(20)13-14-33-23)16-3-7-19(8-4-16)29(31)32/h1-8,13-14H,9-12,15H2. The van der Waals surface area contributed by atoms with E-state index in [9.17, 15) is 19.3 Å². The number of non-ortho nitro benzene ring substituents is 1. The van der Waals surface area contributed by atoms with Crippen LogP contribution in [0.25, 0.3) is 16.2 Å². The van der Waals surface area contributed by atoms with Gasteiger partial charge in [-0.25, -0.2) is 9.37 Å². The number of piperazine rings is 1. The molecule has 1 saturated heterocycles. The van der Waals surface area contributed by atoms with E-state index in [4.69, 9.17) is 4.98 Å². The average Bonchev–Trinajstić information content (AvgIpc) is 3.42. The highest BCUT2D eigenvalue weighted by atomic mass is 32.1. The number of nitrogens with zero attached hydrogens (tertiary/aromatic N) is 5. The maximum atomic E-state index is 13.2. The van der Waals surface area contributed by atoms with Gasteiger partial charge >= 0.3 is 0 Å². The summed E-state index contributed by atoms with van der Waals surface area (Å²) >= 11 is 1.54. The summed E-state index contributed by atoms with van der Waals surface area (Å²) in [5, 5.41) is 13.0. The molecule has 0 bridgehead atoms. The minimum absolute atomic E-state index is 0.0447. The molecule has 0 aliphatic carbocycles. The van der Waals surface area contributed by atoms with Crippen LogP contribution in [0.4, 0.5) is 10.1 Å². The second-order valence-electron chi connectivity index (χ2n) is 7.84. The summed E-state index contributed by atoms with van der Waals surface area (Å²) < 4.78 is 15.2. The molecule has 0 spiro atoms. The lowest BCUT2D eigenvalue weighted by molar-refractivity contribution is -0.384. The van der Waals surface area contributed by atoms with Crippen molar-refractivity contribution < 1.29 is 14.1 Å². The number of halogens is 1. The van der Waals surface area contributed by atoms with Gasteiger partial charge in [0.05, 0.1) is 16.3 Å². The Hall–Kier alpha value is -3.63. The number of carbonyl (C=O) groups excluding carboxylic acids is 1. The van der Waals surface area contributed by atoms with Crippen LogP contribution in [0.2, 0.25) is 0 Å². The number of benzene rings is 2. The van der Waals surface area contributed by atoms with E-state index < -0.39 is 4.92 Å². The maximum absolute atomic E-state index is 13.2. The highest BCUT2D eigenvalue weighted by Gasteiger charge is 2.25. The highest BCUT2D eigenvalue weighted by molar-refractivity contribution is 7.15. The Bertz CT molecular complexity index is 1310. The van der Waals surface area contributed by atoms with E-state index >= 15 is 0 Å². The SMILES string of the molecule is O=C(c1ccc(F)cc1)N1CCN(Cc2c(-c3ccc([N+](=O)[O-])cc3)nc3sccn23)CC1. The molecule has 4 aromatic rings. The predicted octanol–water partition coefficient (Wildman–Crippen LogP) is 4.07. The molecule has 0 saturated carbocycles. The number of nitro benzene ring substituents is 1. The normalized spacial score (nSPS) is 14.6. The monoisotopic (exact) mass is 465 g/mol. The number of aromatic nitrogens is 2. The molecular weight excluding hydrogens is 445 g/mol. The number of hydrogen-bond donors (Lipinski definition) is 0. The Morgan fingerprint density at radius 2 is 1.76 bits per heavy atom.